The molecule has 6 heteroatoms. The molecule has 1 heterocycles. The summed E-state index contributed by atoms with van der Waals surface area (Å²) < 4.78 is 29.8. The van der Waals surface area contributed by atoms with Crippen LogP contribution in [0.1, 0.15) is 0 Å². The summed E-state index contributed by atoms with van der Waals surface area (Å²) in [6.45, 7) is 0. The van der Waals surface area contributed by atoms with Crippen LogP contribution in [0.2, 0.25) is 0 Å². The highest BCUT2D eigenvalue weighted by molar-refractivity contribution is 7.91. The second kappa shape index (κ2) is 4.66. The Bertz CT molecular complexity index is 654. The highest BCUT2D eigenvalue weighted by Gasteiger charge is 2.21. The van der Waals surface area contributed by atoms with Crippen molar-refractivity contribution in [1.29, 1.82) is 0 Å². The van der Waals surface area contributed by atoms with Gasteiger partial charge in [-0.05, 0) is 24.3 Å². The molecule has 0 atom stereocenters. The molecule has 18 heavy (non-hydrogen) atoms. The number of nitrogens with zero attached hydrogens (tertiary/aromatic N) is 1. The van der Waals surface area contributed by atoms with Gasteiger partial charge in [0, 0.05) is 24.1 Å². The Balaban J connectivity index is 2.62. The van der Waals surface area contributed by atoms with Crippen molar-refractivity contribution >= 4 is 15.5 Å². The van der Waals surface area contributed by atoms with Gasteiger partial charge in [0.15, 0.2) is 0 Å². The summed E-state index contributed by atoms with van der Waals surface area (Å²) in [5.74, 6) is 0.229. The molecule has 0 radical (unpaired) electrons. The molecule has 0 unspecified atom stereocenters. The molecule has 0 bridgehead atoms. The Kier molecular flexibility index (Phi) is 3.20. The maximum absolute atomic E-state index is 12.4. The summed E-state index contributed by atoms with van der Waals surface area (Å²) in [5, 5.41) is 0. The van der Waals surface area contributed by atoms with Gasteiger partial charge in [-0.2, -0.15) is 0 Å². The molecule has 1 aromatic heterocycles. The highest BCUT2D eigenvalue weighted by Crippen LogP contribution is 2.30. The molecule has 1 aromatic carbocycles. The largest absolute Gasteiger partial charge is 0.495 e. The van der Waals surface area contributed by atoms with Gasteiger partial charge < -0.3 is 10.5 Å². The number of sulfone groups is 1. The molecule has 0 saturated heterocycles. The lowest BCUT2D eigenvalue weighted by molar-refractivity contribution is 0.403. The van der Waals surface area contributed by atoms with Crippen LogP contribution in [0.3, 0.4) is 0 Å². The van der Waals surface area contributed by atoms with E-state index in [-0.39, 0.29) is 15.5 Å². The Morgan fingerprint density at radius 3 is 2.44 bits per heavy atom. The van der Waals surface area contributed by atoms with Gasteiger partial charge in [-0.15, -0.1) is 0 Å². The number of nitrogen functional groups attached to an aromatic ring is 1. The quantitative estimate of drug-likeness (QED) is 0.849. The third-order valence-corrected chi connectivity index (χ3v) is 4.25. The molecule has 0 fully saturated rings. The summed E-state index contributed by atoms with van der Waals surface area (Å²) in [7, 11) is -2.22. The first-order valence-electron chi connectivity index (χ1n) is 5.14. The van der Waals surface area contributed by atoms with Crippen molar-refractivity contribution in [3.05, 3.63) is 42.7 Å². The van der Waals surface area contributed by atoms with Crippen LogP contribution in [0.15, 0.2) is 52.5 Å². The van der Waals surface area contributed by atoms with Gasteiger partial charge in [0.05, 0.1) is 12.0 Å². The fourth-order valence-electron chi connectivity index (χ4n) is 1.55. The fourth-order valence-corrected chi connectivity index (χ4v) is 2.94. The van der Waals surface area contributed by atoms with Gasteiger partial charge >= 0.3 is 0 Å². The normalized spacial score (nSPS) is 11.2. The number of hydrogen-bond acceptors (Lipinski definition) is 5. The third-order valence-electron chi connectivity index (χ3n) is 2.44. The Morgan fingerprint density at radius 1 is 1.17 bits per heavy atom. The Morgan fingerprint density at radius 2 is 1.83 bits per heavy atom. The Hall–Kier alpha value is -2.08. The summed E-state index contributed by atoms with van der Waals surface area (Å²) in [6, 6.07) is 7.31. The standard InChI is InChI=1S/C12H12N2O3S/c1-17-11-8-9(13)2-3-12(11)18(15,16)10-4-6-14-7-5-10/h2-8H,13H2,1H3. The topological polar surface area (TPSA) is 82.3 Å². The van der Waals surface area contributed by atoms with E-state index in [1.54, 1.807) is 0 Å². The minimum Gasteiger partial charge on any atom is -0.495 e. The van der Waals surface area contributed by atoms with Crippen LogP contribution >= 0.6 is 0 Å². The van der Waals surface area contributed by atoms with Crippen molar-refractivity contribution < 1.29 is 13.2 Å². The lowest BCUT2D eigenvalue weighted by Crippen LogP contribution is -2.05. The van der Waals surface area contributed by atoms with Crippen LogP contribution in [0.4, 0.5) is 5.69 Å². The summed E-state index contributed by atoms with van der Waals surface area (Å²) in [4.78, 5) is 4.05. The van der Waals surface area contributed by atoms with Gasteiger partial charge in [-0.1, -0.05) is 0 Å². The molecular formula is C12H12N2O3S. The molecular weight excluding hydrogens is 252 g/mol. The van der Waals surface area contributed by atoms with E-state index in [1.807, 2.05) is 0 Å². The second-order valence-electron chi connectivity index (χ2n) is 3.60. The van der Waals surface area contributed by atoms with E-state index >= 15 is 0 Å². The number of rotatable bonds is 3. The lowest BCUT2D eigenvalue weighted by atomic mass is 10.3. The SMILES string of the molecule is COc1cc(N)ccc1S(=O)(=O)c1ccncc1. The molecule has 0 spiro atoms. The zero-order valence-electron chi connectivity index (χ0n) is 9.70. The number of methoxy groups -OCH3 is 1. The number of anilines is 1. The average Bonchev–Trinajstić information content (AvgIpc) is 2.39. The van der Waals surface area contributed by atoms with E-state index in [9.17, 15) is 8.42 Å². The number of nitrogens with two attached hydrogens (primary N) is 1. The van der Waals surface area contributed by atoms with E-state index in [0.29, 0.717) is 5.69 Å². The minimum absolute atomic E-state index is 0.0883. The van der Waals surface area contributed by atoms with E-state index in [0.717, 1.165) is 0 Å². The van der Waals surface area contributed by atoms with E-state index in [1.165, 1.54) is 49.8 Å². The van der Waals surface area contributed by atoms with Gasteiger partial charge in [0.1, 0.15) is 10.6 Å². The van der Waals surface area contributed by atoms with Gasteiger partial charge in [-0.25, -0.2) is 8.42 Å². The van der Waals surface area contributed by atoms with Gasteiger partial charge in [0.2, 0.25) is 9.84 Å². The molecule has 0 aliphatic heterocycles. The smallest absolute Gasteiger partial charge is 0.210 e. The maximum Gasteiger partial charge on any atom is 0.210 e. The molecule has 94 valence electrons. The lowest BCUT2D eigenvalue weighted by Gasteiger charge is -2.10. The average molecular weight is 264 g/mol. The molecule has 2 N–H and O–H groups in total. The molecule has 2 rings (SSSR count). The van der Waals surface area contributed by atoms with Gasteiger partial charge in [-0.3, -0.25) is 4.98 Å². The summed E-state index contributed by atoms with van der Waals surface area (Å²) >= 11 is 0. The number of aromatic nitrogens is 1. The predicted octanol–water partition coefficient (Wildman–Crippen LogP) is 1.51. The number of hydrogen-bond donors (Lipinski definition) is 1. The highest BCUT2D eigenvalue weighted by atomic mass is 32.2. The van der Waals surface area contributed by atoms with Crippen molar-refractivity contribution in [3.8, 4) is 5.75 Å². The first-order valence-corrected chi connectivity index (χ1v) is 6.62. The third kappa shape index (κ3) is 2.14. The molecule has 0 saturated carbocycles. The molecule has 0 aliphatic rings. The molecule has 0 aliphatic carbocycles. The van der Waals surface area contributed by atoms with Crippen LogP contribution in [-0.2, 0) is 9.84 Å². The molecule has 2 aromatic rings. The van der Waals surface area contributed by atoms with Crippen molar-refractivity contribution in [2.24, 2.45) is 0 Å². The van der Waals surface area contributed by atoms with E-state index in [4.69, 9.17) is 10.5 Å². The molecule has 5 nitrogen and oxygen atoms in total. The van der Waals surface area contributed by atoms with Crippen LogP contribution in [0.5, 0.6) is 5.75 Å². The molecule has 0 amide bonds. The first-order chi connectivity index (χ1) is 8.55. The van der Waals surface area contributed by atoms with E-state index in [2.05, 4.69) is 4.98 Å². The second-order valence-corrected chi connectivity index (χ2v) is 5.51. The number of ether oxygens (including phenoxy) is 1. The van der Waals surface area contributed by atoms with Crippen LogP contribution in [0, 0.1) is 0 Å². The summed E-state index contributed by atoms with van der Waals surface area (Å²) in [5.41, 5.74) is 6.05. The number of pyridine rings is 1. The summed E-state index contributed by atoms with van der Waals surface area (Å²) in [6.07, 6.45) is 2.85. The van der Waals surface area contributed by atoms with Crippen molar-refractivity contribution in [1.82, 2.24) is 4.98 Å². The number of benzene rings is 1. The monoisotopic (exact) mass is 264 g/mol. The zero-order valence-corrected chi connectivity index (χ0v) is 10.5. The van der Waals surface area contributed by atoms with Crippen molar-refractivity contribution in [3.63, 3.8) is 0 Å². The van der Waals surface area contributed by atoms with Crippen LogP contribution in [-0.4, -0.2) is 20.5 Å². The predicted molar refractivity (Wildman–Crippen MR) is 67.1 cm³/mol. The zero-order chi connectivity index (χ0) is 13.2. The van der Waals surface area contributed by atoms with Gasteiger partial charge in [0.25, 0.3) is 0 Å². The van der Waals surface area contributed by atoms with Crippen molar-refractivity contribution in [2.45, 2.75) is 9.79 Å². The fraction of sp³-hybridized carbons (Fsp3) is 0.0833. The van der Waals surface area contributed by atoms with Crippen LogP contribution < -0.4 is 10.5 Å². The minimum atomic E-state index is -3.62. The van der Waals surface area contributed by atoms with Crippen LogP contribution in [0.25, 0.3) is 0 Å². The first kappa shape index (κ1) is 12.4. The Labute approximate surface area is 105 Å². The maximum atomic E-state index is 12.4. The van der Waals surface area contributed by atoms with E-state index < -0.39 is 9.84 Å². The van der Waals surface area contributed by atoms with Crippen molar-refractivity contribution in [2.75, 3.05) is 12.8 Å².